The van der Waals surface area contributed by atoms with Gasteiger partial charge in [-0.1, -0.05) is 73.3 Å². The summed E-state index contributed by atoms with van der Waals surface area (Å²) in [5.41, 5.74) is 2.24. The minimum Gasteiger partial charge on any atom is -0.456 e. The van der Waals surface area contributed by atoms with Crippen LogP contribution in [0.4, 0.5) is 0 Å². The standard InChI is InChI=1S/C30H42O6/c1-21-15-16-34-26(19-21)13-14-28(32)29-11-4-7-24(31)18-22(2)17-23(3)20-27-10-5-8-25(35-27)9-6-12-30(33)36-29/h4-8,12-15,23-29,31-32H,2,9-11,16-20H2,1,3H3/t23-,24+,25-,26+,27-,28-,29-/m0/s1. The first-order valence-electron chi connectivity index (χ1n) is 13.1. The van der Waals surface area contributed by atoms with Gasteiger partial charge in [0.05, 0.1) is 31.0 Å². The van der Waals surface area contributed by atoms with Crippen LogP contribution in [-0.4, -0.2) is 59.4 Å². The molecule has 0 aromatic rings. The highest BCUT2D eigenvalue weighted by Gasteiger charge is 2.23. The fourth-order valence-electron chi connectivity index (χ4n) is 4.86. The summed E-state index contributed by atoms with van der Waals surface area (Å²) in [5, 5.41) is 21.3. The second kappa shape index (κ2) is 14.5. The molecule has 0 aromatic carbocycles. The van der Waals surface area contributed by atoms with Gasteiger partial charge in [0.15, 0.2) is 0 Å². The summed E-state index contributed by atoms with van der Waals surface area (Å²) in [5.74, 6) is -0.123. The van der Waals surface area contributed by atoms with Gasteiger partial charge in [-0.25, -0.2) is 4.79 Å². The van der Waals surface area contributed by atoms with Crippen LogP contribution in [0, 0.1) is 5.92 Å². The minimum absolute atomic E-state index is 0.0795. The molecule has 36 heavy (non-hydrogen) atoms. The lowest BCUT2D eigenvalue weighted by Crippen LogP contribution is -2.30. The lowest BCUT2D eigenvalue weighted by Gasteiger charge is -2.28. The first kappa shape index (κ1) is 28.3. The normalized spacial score (nSPS) is 34.1. The summed E-state index contributed by atoms with van der Waals surface area (Å²) >= 11 is 0. The molecule has 0 saturated heterocycles. The van der Waals surface area contributed by atoms with Crippen molar-refractivity contribution in [2.45, 2.75) is 95.4 Å². The van der Waals surface area contributed by atoms with Gasteiger partial charge < -0.3 is 24.4 Å². The average molecular weight is 499 g/mol. The van der Waals surface area contributed by atoms with Gasteiger partial charge in [-0.05, 0) is 51.4 Å². The number of carbonyl (C=O) groups is 1. The van der Waals surface area contributed by atoms with E-state index in [1.54, 1.807) is 24.3 Å². The van der Waals surface area contributed by atoms with Crippen molar-refractivity contribution in [1.82, 2.24) is 0 Å². The van der Waals surface area contributed by atoms with Crippen LogP contribution >= 0.6 is 0 Å². The number of ether oxygens (including phenoxy) is 3. The first-order chi connectivity index (χ1) is 17.3. The SMILES string of the molecule is C=C1C[C@H](C)C[C@@H]2CC=C[C@@H](CC=CC(=O)O[C@H]([C@@H](O)C=C[C@@H]3CC(C)=CCO3)CC=C[C@@H](O)C1)O2. The van der Waals surface area contributed by atoms with Crippen molar-refractivity contribution < 1.29 is 29.2 Å². The molecule has 0 radical (unpaired) electrons. The van der Waals surface area contributed by atoms with E-state index in [1.807, 2.05) is 18.2 Å². The van der Waals surface area contributed by atoms with Crippen molar-refractivity contribution in [2.75, 3.05) is 6.61 Å². The summed E-state index contributed by atoms with van der Waals surface area (Å²) in [6, 6.07) is 0. The molecule has 6 nitrogen and oxygen atoms in total. The molecule has 2 N–H and O–H groups in total. The molecule has 3 heterocycles. The lowest BCUT2D eigenvalue weighted by molar-refractivity contribution is -0.147. The van der Waals surface area contributed by atoms with Crippen LogP contribution in [-0.2, 0) is 19.0 Å². The highest BCUT2D eigenvalue weighted by molar-refractivity contribution is 5.82. The predicted molar refractivity (Wildman–Crippen MR) is 141 cm³/mol. The van der Waals surface area contributed by atoms with E-state index in [2.05, 4.69) is 26.5 Å². The molecule has 0 fully saturated rings. The Morgan fingerprint density at radius 2 is 1.92 bits per heavy atom. The molecule has 0 saturated carbocycles. The summed E-state index contributed by atoms with van der Waals surface area (Å²) in [6.45, 7) is 8.95. The maximum Gasteiger partial charge on any atom is 0.330 e. The Morgan fingerprint density at radius 3 is 2.72 bits per heavy atom. The number of cyclic esters (lactones) is 1. The Bertz CT molecular complexity index is 882. The Labute approximate surface area is 215 Å². The monoisotopic (exact) mass is 498 g/mol. The molecule has 0 amide bonds. The van der Waals surface area contributed by atoms with Gasteiger partial charge >= 0.3 is 5.97 Å². The molecule has 6 heteroatoms. The second-order valence-electron chi connectivity index (χ2n) is 10.3. The molecule has 198 valence electrons. The van der Waals surface area contributed by atoms with Crippen LogP contribution in [0.5, 0.6) is 0 Å². The van der Waals surface area contributed by atoms with Crippen LogP contribution in [0.15, 0.2) is 72.4 Å². The number of esters is 1. The molecule has 3 aliphatic rings. The number of fused-ring (bicyclic) bond motifs is 2. The van der Waals surface area contributed by atoms with E-state index in [1.165, 1.54) is 11.6 Å². The van der Waals surface area contributed by atoms with E-state index in [-0.39, 0.29) is 24.7 Å². The molecule has 0 aromatic heterocycles. The van der Waals surface area contributed by atoms with E-state index in [4.69, 9.17) is 14.2 Å². The summed E-state index contributed by atoms with van der Waals surface area (Å²) in [4.78, 5) is 12.5. The number of rotatable bonds is 3. The van der Waals surface area contributed by atoms with E-state index in [0.717, 1.165) is 31.3 Å². The van der Waals surface area contributed by atoms with Crippen molar-refractivity contribution in [2.24, 2.45) is 5.92 Å². The van der Waals surface area contributed by atoms with Crippen LogP contribution in [0.3, 0.4) is 0 Å². The fraction of sp³-hybridized carbons (Fsp3) is 0.567. The van der Waals surface area contributed by atoms with Crippen molar-refractivity contribution in [3.05, 3.63) is 72.4 Å². The Balaban J connectivity index is 1.70. The quantitative estimate of drug-likeness (QED) is 0.426. The molecule has 7 atom stereocenters. The molecular weight excluding hydrogens is 456 g/mol. The third-order valence-corrected chi connectivity index (χ3v) is 6.70. The fourth-order valence-corrected chi connectivity index (χ4v) is 4.86. The van der Waals surface area contributed by atoms with Gasteiger partial charge in [0.1, 0.15) is 12.2 Å². The first-order valence-corrected chi connectivity index (χ1v) is 13.1. The maximum atomic E-state index is 12.5. The van der Waals surface area contributed by atoms with Crippen LogP contribution in [0.25, 0.3) is 0 Å². The molecule has 3 rings (SSSR count). The Morgan fingerprint density at radius 1 is 1.11 bits per heavy atom. The van der Waals surface area contributed by atoms with Crippen molar-refractivity contribution in [3.63, 3.8) is 0 Å². The van der Waals surface area contributed by atoms with Crippen LogP contribution < -0.4 is 0 Å². The zero-order valence-electron chi connectivity index (χ0n) is 21.6. The van der Waals surface area contributed by atoms with E-state index in [0.29, 0.717) is 25.4 Å². The number of carbonyl (C=O) groups excluding carboxylic acids is 1. The third kappa shape index (κ3) is 10.0. The average Bonchev–Trinajstić information content (AvgIpc) is 2.81. The lowest BCUT2D eigenvalue weighted by atomic mass is 9.91. The van der Waals surface area contributed by atoms with E-state index < -0.39 is 24.3 Å². The summed E-state index contributed by atoms with van der Waals surface area (Å²) in [6.07, 6.45) is 18.5. The number of aliphatic hydroxyl groups is 2. The van der Waals surface area contributed by atoms with Crippen LogP contribution in [0.1, 0.15) is 58.8 Å². The molecule has 3 aliphatic heterocycles. The van der Waals surface area contributed by atoms with Gasteiger partial charge in [-0.3, -0.25) is 0 Å². The van der Waals surface area contributed by atoms with Crippen molar-refractivity contribution in [3.8, 4) is 0 Å². The minimum atomic E-state index is -1.01. The number of hydrogen-bond donors (Lipinski definition) is 2. The van der Waals surface area contributed by atoms with Crippen LogP contribution in [0.2, 0.25) is 0 Å². The summed E-state index contributed by atoms with van der Waals surface area (Å²) < 4.78 is 17.5. The van der Waals surface area contributed by atoms with E-state index >= 15 is 0 Å². The van der Waals surface area contributed by atoms with Crippen molar-refractivity contribution in [1.29, 1.82) is 0 Å². The maximum absolute atomic E-state index is 12.5. The summed E-state index contributed by atoms with van der Waals surface area (Å²) in [7, 11) is 0. The van der Waals surface area contributed by atoms with Gasteiger partial charge in [0, 0.05) is 12.5 Å². The van der Waals surface area contributed by atoms with Gasteiger partial charge in [0.2, 0.25) is 0 Å². The molecule has 0 aliphatic carbocycles. The highest BCUT2D eigenvalue weighted by atomic mass is 16.6. The smallest absolute Gasteiger partial charge is 0.330 e. The van der Waals surface area contributed by atoms with Crippen molar-refractivity contribution >= 4 is 5.97 Å². The predicted octanol–water partition coefficient (Wildman–Crippen LogP) is 4.89. The highest BCUT2D eigenvalue weighted by Crippen LogP contribution is 2.26. The largest absolute Gasteiger partial charge is 0.456 e. The van der Waals surface area contributed by atoms with E-state index in [9.17, 15) is 15.0 Å². The van der Waals surface area contributed by atoms with Gasteiger partial charge in [-0.15, -0.1) is 0 Å². The van der Waals surface area contributed by atoms with Gasteiger partial charge in [0.25, 0.3) is 0 Å². The zero-order valence-corrected chi connectivity index (χ0v) is 21.6. The third-order valence-electron chi connectivity index (χ3n) is 6.70. The molecule has 0 spiro atoms. The second-order valence-corrected chi connectivity index (χ2v) is 10.3. The molecular formula is C30H42O6. The Kier molecular flexibility index (Phi) is 11.4. The van der Waals surface area contributed by atoms with Gasteiger partial charge in [-0.2, -0.15) is 0 Å². The molecule has 2 bridgehead atoms. The topological polar surface area (TPSA) is 85.2 Å². The Hall–Kier alpha value is -2.25. The molecule has 0 unspecified atom stereocenters. The number of hydrogen-bond acceptors (Lipinski definition) is 6. The number of aliphatic hydroxyl groups excluding tert-OH is 2. The zero-order chi connectivity index (χ0) is 25.9.